The third-order valence-electron chi connectivity index (χ3n) is 5.22. The van der Waals surface area contributed by atoms with Crippen LogP contribution in [0.2, 0.25) is 0 Å². The fraction of sp³-hybridized carbons (Fsp3) is 1.00. The molecule has 2 unspecified atom stereocenters. The molecule has 2 atom stereocenters. The Balaban J connectivity index is 1.94. The number of hydrazine groups is 1. The zero-order chi connectivity index (χ0) is 10.7. The molecule has 0 radical (unpaired) electrons. The maximum Gasteiger partial charge on any atom is 0.0154 e. The van der Waals surface area contributed by atoms with Gasteiger partial charge in [-0.3, -0.25) is 11.3 Å². The van der Waals surface area contributed by atoms with Gasteiger partial charge in [0.1, 0.15) is 0 Å². The van der Waals surface area contributed by atoms with Crippen molar-refractivity contribution in [2.75, 3.05) is 6.54 Å². The highest BCUT2D eigenvalue weighted by Crippen LogP contribution is 2.69. The van der Waals surface area contributed by atoms with E-state index in [0.717, 1.165) is 12.5 Å². The van der Waals surface area contributed by atoms with Gasteiger partial charge in [0.2, 0.25) is 0 Å². The Hall–Kier alpha value is -0.0800. The third-order valence-corrected chi connectivity index (χ3v) is 5.22. The molecule has 4 rings (SSSR count). The lowest BCUT2D eigenvalue weighted by molar-refractivity contribution is -0.143. The van der Waals surface area contributed by atoms with Crippen molar-refractivity contribution in [3.63, 3.8) is 0 Å². The maximum atomic E-state index is 5.59. The molecule has 0 aromatic carbocycles. The van der Waals surface area contributed by atoms with Crippen LogP contribution in [0, 0.1) is 22.2 Å². The van der Waals surface area contributed by atoms with Crippen molar-refractivity contribution in [2.24, 2.45) is 28.0 Å². The Morgan fingerprint density at radius 1 is 1.07 bits per heavy atom. The summed E-state index contributed by atoms with van der Waals surface area (Å²) in [5, 5.41) is 0. The van der Waals surface area contributed by atoms with Gasteiger partial charge in [0.25, 0.3) is 0 Å². The molecular weight excluding hydrogens is 184 g/mol. The van der Waals surface area contributed by atoms with Gasteiger partial charge < -0.3 is 0 Å². The average Bonchev–Trinajstić information content (AvgIpc) is 1.94. The van der Waals surface area contributed by atoms with Gasteiger partial charge in [0, 0.05) is 6.54 Å². The number of hydrogen-bond donors (Lipinski definition) is 2. The van der Waals surface area contributed by atoms with E-state index in [1.54, 1.807) is 0 Å². The molecule has 0 spiro atoms. The van der Waals surface area contributed by atoms with Crippen LogP contribution in [0.25, 0.3) is 0 Å². The second kappa shape index (κ2) is 2.78. The van der Waals surface area contributed by atoms with Crippen molar-refractivity contribution in [1.29, 1.82) is 0 Å². The first-order valence-electron chi connectivity index (χ1n) is 6.40. The van der Waals surface area contributed by atoms with Crippen molar-refractivity contribution < 1.29 is 0 Å². The maximum absolute atomic E-state index is 5.59. The lowest BCUT2D eigenvalue weighted by Crippen LogP contribution is -2.58. The third kappa shape index (κ3) is 1.45. The van der Waals surface area contributed by atoms with E-state index < -0.39 is 0 Å². The molecule has 0 aromatic rings. The quantitative estimate of drug-likeness (QED) is 0.540. The van der Waals surface area contributed by atoms with Crippen LogP contribution >= 0.6 is 0 Å². The van der Waals surface area contributed by atoms with E-state index in [9.17, 15) is 0 Å². The molecule has 0 heterocycles. The van der Waals surface area contributed by atoms with E-state index in [2.05, 4.69) is 19.3 Å². The minimum atomic E-state index is 0.539. The van der Waals surface area contributed by atoms with Crippen LogP contribution in [0.5, 0.6) is 0 Å². The Bertz CT molecular complexity index is 268. The van der Waals surface area contributed by atoms with Crippen LogP contribution in [0.3, 0.4) is 0 Å². The summed E-state index contributed by atoms with van der Waals surface area (Å²) in [7, 11) is 0. The monoisotopic (exact) mass is 208 g/mol. The van der Waals surface area contributed by atoms with Crippen molar-refractivity contribution in [3.8, 4) is 0 Å². The van der Waals surface area contributed by atoms with Crippen molar-refractivity contribution in [1.82, 2.24) is 5.43 Å². The van der Waals surface area contributed by atoms with Gasteiger partial charge in [-0.25, -0.2) is 0 Å². The van der Waals surface area contributed by atoms with Crippen LogP contribution in [0.1, 0.15) is 52.4 Å². The first-order chi connectivity index (χ1) is 6.97. The molecule has 2 heteroatoms. The second-order valence-electron chi connectivity index (χ2n) is 7.51. The molecule has 15 heavy (non-hydrogen) atoms. The molecule has 0 saturated heterocycles. The molecule has 0 amide bonds. The van der Waals surface area contributed by atoms with Gasteiger partial charge in [-0.1, -0.05) is 13.8 Å². The van der Waals surface area contributed by atoms with E-state index in [4.69, 9.17) is 5.84 Å². The normalized spacial score (nSPS) is 57.4. The molecule has 4 bridgehead atoms. The summed E-state index contributed by atoms with van der Waals surface area (Å²) < 4.78 is 0. The average molecular weight is 208 g/mol. The topological polar surface area (TPSA) is 38.0 Å². The van der Waals surface area contributed by atoms with Gasteiger partial charge >= 0.3 is 0 Å². The minimum absolute atomic E-state index is 0.539. The highest BCUT2D eigenvalue weighted by atomic mass is 15.2. The SMILES string of the molecule is CC12CC3CC(C)(C1)CC(CNN)(C3)C2. The molecule has 86 valence electrons. The predicted octanol–water partition coefficient (Wildman–Crippen LogP) is 2.45. The van der Waals surface area contributed by atoms with E-state index in [0.29, 0.717) is 16.2 Å². The highest BCUT2D eigenvalue weighted by Gasteiger charge is 2.59. The van der Waals surface area contributed by atoms with E-state index in [1.807, 2.05) is 0 Å². The number of nitrogens with one attached hydrogen (secondary N) is 1. The van der Waals surface area contributed by atoms with Gasteiger partial charge in [-0.15, -0.1) is 0 Å². The molecule has 2 nitrogen and oxygen atoms in total. The molecule has 4 fully saturated rings. The summed E-state index contributed by atoms with van der Waals surface area (Å²) in [5.41, 5.74) is 4.76. The summed E-state index contributed by atoms with van der Waals surface area (Å²) in [6, 6.07) is 0. The van der Waals surface area contributed by atoms with E-state index in [1.165, 1.54) is 38.5 Å². The summed E-state index contributed by atoms with van der Waals surface area (Å²) >= 11 is 0. The fourth-order valence-corrected chi connectivity index (χ4v) is 6.10. The summed E-state index contributed by atoms with van der Waals surface area (Å²) in [4.78, 5) is 0. The van der Waals surface area contributed by atoms with Gasteiger partial charge in [0.15, 0.2) is 0 Å². The molecule has 0 aromatic heterocycles. The Morgan fingerprint density at radius 2 is 1.67 bits per heavy atom. The fourth-order valence-electron chi connectivity index (χ4n) is 6.10. The first kappa shape index (κ1) is 10.1. The zero-order valence-electron chi connectivity index (χ0n) is 10.1. The van der Waals surface area contributed by atoms with Gasteiger partial charge in [-0.05, 0) is 60.7 Å². The van der Waals surface area contributed by atoms with Gasteiger partial charge in [0.05, 0.1) is 0 Å². The van der Waals surface area contributed by atoms with E-state index >= 15 is 0 Å². The lowest BCUT2D eigenvalue weighted by atomic mass is 9.40. The number of nitrogens with two attached hydrogens (primary N) is 1. The summed E-state index contributed by atoms with van der Waals surface area (Å²) in [6.07, 6.45) is 8.68. The second-order valence-corrected chi connectivity index (χ2v) is 7.51. The van der Waals surface area contributed by atoms with Crippen molar-refractivity contribution >= 4 is 0 Å². The zero-order valence-corrected chi connectivity index (χ0v) is 10.1. The van der Waals surface area contributed by atoms with Gasteiger partial charge in [-0.2, -0.15) is 0 Å². The summed E-state index contributed by atoms with van der Waals surface area (Å²) in [6.45, 7) is 6.07. The predicted molar refractivity (Wildman–Crippen MR) is 62.0 cm³/mol. The standard InChI is InChI=1S/C13H24N2/c1-11-3-10-4-12(2,6-11)8-13(5-10,7-11)9-15-14/h10,15H,3-9,14H2,1-2H3. The molecule has 4 aliphatic carbocycles. The molecule has 3 N–H and O–H groups in total. The van der Waals surface area contributed by atoms with Crippen LogP contribution in [-0.4, -0.2) is 6.54 Å². The number of rotatable bonds is 2. The van der Waals surface area contributed by atoms with Crippen molar-refractivity contribution in [3.05, 3.63) is 0 Å². The smallest absolute Gasteiger partial charge is 0.0154 e. The summed E-state index contributed by atoms with van der Waals surface area (Å²) in [5.74, 6) is 6.58. The van der Waals surface area contributed by atoms with E-state index in [-0.39, 0.29) is 0 Å². The lowest BCUT2D eigenvalue weighted by Gasteiger charge is -2.65. The molecule has 4 aliphatic rings. The molecular formula is C13H24N2. The first-order valence-corrected chi connectivity index (χ1v) is 6.40. The molecule has 0 aliphatic heterocycles. The Labute approximate surface area is 93.0 Å². The largest absolute Gasteiger partial charge is 0.271 e. The van der Waals surface area contributed by atoms with Crippen LogP contribution < -0.4 is 11.3 Å². The van der Waals surface area contributed by atoms with Crippen LogP contribution in [-0.2, 0) is 0 Å². The van der Waals surface area contributed by atoms with Crippen LogP contribution in [0.4, 0.5) is 0 Å². The number of hydrogen-bond acceptors (Lipinski definition) is 2. The highest BCUT2D eigenvalue weighted by molar-refractivity contribution is 5.10. The Kier molecular flexibility index (Phi) is 1.87. The van der Waals surface area contributed by atoms with Crippen molar-refractivity contribution in [2.45, 2.75) is 52.4 Å². The minimum Gasteiger partial charge on any atom is -0.271 e. The van der Waals surface area contributed by atoms with Crippen LogP contribution in [0.15, 0.2) is 0 Å². The molecule has 4 saturated carbocycles. The Morgan fingerprint density at radius 3 is 2.13 bits per heavy atom.